The fraction of sp³-hybridized carbons (Fsp3) is 0.640. The van der Waals surface area contributed by atoms with Gasteiger partial charge in [0.05, 0.1) is 5.38 Å². The van der Waals surface area contributed by atoms with Crippen LogP contribution in [0, 0.1) is 24.2 Å². The standard InChI is InChI=1S/C25H38ClN3/c1-18(2)24(28-15-21-7-6-13-27-19(21)3)16-29-14-12-23(25(4,5)17-29)20-8-10-22(26)11-9-20/h6-10,13,18,22-24,28H,11-12,14-17H2,1-5H3/t22?,23-,24+/m1/s1. The maximum atomic E-state index is 6.24. The van der Waals surface area contributed by atoms with Gasteiger partial charge in [0, 0.05) is 37.6 Å². The number of alkyl halides is 1. The van der Waals surface area contributed by atoms with Gasteiger partial charge in [-0.25, -0.2) is 0 Å². The third-order valence-electron chi connectivity index (χ3n) is 6.72. The molecule has 1 aliphatic heterocycles. The zero-order valence-corrected chi connectivity index (χ0v) is 19.5. The number of likely N-dealkylation sites (tertiary alicyclic amines) is 1. The van der Waals surface area contributed by atoms with Crippen molar-refractivity contribution in [2.75, 3.05) is 19.6 Å². The summed E-state index contributed by atoms with van der Waals surface area (Å²) in [5.74, 6) is 1.22. The molecule has 3 rings (SSSR count). The van der Waals surface area contributed by atoms with Crippen molar-refractivity contribution in [2.24, 2.45) is 17.3 Å². The molecule has 0 amide bonds. The van der Waals surface area contributed by atoms with Crippen molar-refractivity contribution in [3.63, 3.8) is 0 Å². The van der Waals surface area contributed by atoms with E-state index in [1.54, 1.807) is 0 Å². The van der Waals surface area contributed by atoms with Crippen molar-refractivity contribution >= 4 is 11.6 Å². The van der Waals surface area contributed by atoms with Gasteiger partial charge in [0.25, 0.3) is 0 Å². The van der Waals surface area contributed by atoms with E-state index < -0.39 is 0 Å². The van der Waals surface area contributed by atoms with Gasteiger partial charge in [-0.2, -0.15) is 0 Å². The van der Waals surface area contributed by atoms with E-state index in [4.69, 9.17) is 11.6 Å². The normalized spacial score (nSPS) is 25.8. The van der Waals surface area contributed by atoms with Crippen LogP contribution in [0.4, 0.5) is 0 Å². The van der Waals surface area contributed by atoms with E-state index in [2.05, 4.69) is 74.1 Å². The number of hydrogen-bond donors (Lipinski definition) is 1. The van der Waals surface area contributed by atoms with Crippen molar-refractivity contribution < 1.29 is 0 Å². The number of piperidine rings is 1. The van der Waals surface area contributed by atoms with E-state index in [1.807, 2.05) is 12.3 Å². The van der Waals surface area contributed by atoms with E-state index in [0.717, 1.165) is 31.7 Å². The lowest BCUT2D eigenvalue weighted by Gasteiger charge is -2.46. The van der Waals surface area contributed by atoms with Crippen LogP contribution in [0.25, 0.3) is 0 Å². The molecule has 160 valence electrons. The van der Waals surface area contributed by atoms with Gasteiger partial charge in [0.2, 0.25) is 0 Å². The topological polar surface area (TPSA) is 28.2 Å². The summed E-state index contributed by atoms with van der Waals surface area (Å²) in [7, 11) is 0. The molecule has 2 heterocycles. The average Bonchev–Trinajstić information content (AvgIpc) is 2.66. The highest BCUT2D eigenvalue weighted by atomic mass is 35.5. The predicted octanol–water partition coefficient (Wildman–Crippen LogP) is 5.35. The third kappa shape index (κ3) is 5.93. The second-order valence-corrected chi connectivity index (χ2v) is 10.4. The first-order chi connectivity index (χ1) is 13.8. The van der Waals surface area contributed by atoms with Gasteiger partial charge < -0.3 is 10.2 Å². The Morgan fingerprint density at radius 1 is 1.34 bits per heavy atom. The molecule has 0 bridgehead atoms. The van der Waals surface area contributed by atoms with E-state index in [-0.39, 0.29) is 10.8 Å². The monoisotopic (exact) mass is 415 g/mol. The first-order valence-corrected chi connectivity index (χ1v) is 11.6. The summed E-state index contributed by atoms with van der Waals surface area (Å²) < 4.78 is 0. The summed E-state index contributed by atoms with van der Waals surface area (Å²) in [5.41, 5.74) is 4.19. The molecule has 1 unspecified atom stereocenters. The maximum absolute atomic E-state index is 6.24. The van der Waals surface area contributed by atoms with Gasteiger partial charge in [-0.1, -0.05) is 52.0 Å². The van der Waals surface area contributed by atoms with E-state index in [0.29, 0.717) is 17.9 Å². The first kappa shape index (κ1) is 22.5. The Morgan fingerprint density at radius 2 is 2.14 bits per heavy atom. The molecule has 4 heteroatoms. The largest absolute Gasteiger partial charge is 0.308 e. The Balaban J connectivity index is 1.59. The number of allylic oxidation sites excluding steroid dienone is 4. The van der Waals surface area contributed by atoms with E-state index in [1.165, 1.54) is 24.1 Å². The summed E-state index contributed by atoms with van der Waals surface area (Å²) in [5, 5.41) is 3.98. The molecule has 1 aliphatic carbocycles. The summed E-state index contributed by atoms with van der Waals surface area (Å²) in [4.78, 5) is 7.09. The van der Waals surface area contributed by atoms with Crippen LogP contribution < -0.4 is 5.32 Å². The zero-order chi connectivity index (χ0) is 21.0. The second-order valence-electron chi connectivity index (χ2n) is 9.86. The molecular formula is C25H38ClN3. The molecule has 3 atom stereocenters. The number of aromatic nitrogens is 1. The minimum absolute atomic E-state index is 0.170. The van der Waals surface area contributed by atoms with Crippen LogP contribution in [-0.4, -0.2) is 40.9 Å². The highest BCUT2D eigenvalue weighted by Gasteiger charge is 2.38. The summed E-state index contributed by atoms with van der Waals surface area (Å²) in [6, 6.07) is 4.69. The van der Waals surface area contributed by atoms with Gasteiger partial charge in [0.15, 0.2) is 0 Å². The zero-order valence-electron chi connectivity index (χ0n) is 18.8. The molecule has 1 saturated heterocycles. The Labute approximate surface area is 182 Å². The Bertz CT molecular complexity index is 737. The number of halogens is 1. The summed E-state index contributed by atoms with van der Waals surface area (Å²) >= 11 is 6.24. The van der Waals surface area contributed by atoms with Crippen LogP contribution >= 0.6 is 11.6 Å². The minimum atomic E-state index is 0.170. The number of nitrogens with zero attached hydrogens (tertiary/aromatic N) is 2. The molecule has 3 nitrogen and oxygen atoms in total. The van der Waals surface area contributed by atoms with Gasteiger partial charge in [-0.05, 0) is 60.8 Å². The number of hydrogen-bond acceptors (Lipinski definition) is 3. The van der Waals surface area contributed by atoms with Gasteiger partial charge >= 0.3 is 0 Å². The van der Waals surface area contributed by atoms with E-state index in [9.17, 15) is 0 Å². The van der Waals surface area contributed by atoms with Crippen molar-refractivity contribution in [2.45, 2.75) is 65.4 Å². The van der Waals surface area contributed by atoms with Crippen molar-refractivity contribution in [1.82, 2.24) is 15.2 Å². The molecule has 1 aromatic heterocycles. The number of aryl methyl sites for hydroxylation is 1. The molecule has 0 spiro atoms. The second kappa shape index (κ2) is 9.76. The van der Waals surface area contributed by atoms with Crippen LogP contribution in [0.5, 0.6) is 0 Å². The third-order valence-corrected chi connectivity index (χ3v) is 7.04. The fourth-order valence-electron chi connectivity index (χ4n) is 4.85. The van der Waals surface area contributed by atoms with Crippen LogP contribution in [0.15, 0.2) is 42.1 Å². The average molecular weight is 416 g/mol. The van der Waals surface area contributed by atoms with Crippen LogP contribution in [-0.2, 0) is 6.54 Å². The lowest BCUT2D eigenvalue weighted by molar-refractivity contribution is 0.0630. The molecule has 0 saturated carbocycles. The molecule has 1 N–H and O–H groups in total. The summed E-state index contributed by atoms with van der Waals surface area (Å²) in [6.45, 7) is 15.9. The van der Waals surface area contributed by atoms with Crippen LogP contribution in [0.1, 0.15) is 51.8 Å². The Kier molecular flexibility index (Phi) is 7.58. The van der Waals surface area contributed by atoms with Crippen molar-refractivity contribution in [3.8, 4) is 0 Å². The number of nitrogens with one attached hydrogen (secondary N) is 1. The predicted molar refractivity (Wildman–Crippen MR) is 124 cm³/mol. The quantitative estimate of drug-likeness (QED) is 0.608. The Morgan fingerprint density at radius 3 is 2.76 bits per heavy atom. The maximum Gasteiger partial charge on any atom is 0.0553 e. The summed E-state index contributed by atoms with van der Waals surface area (Å²) in [6.07, 6.45) is 10.9. The fourth-order valence-corrected chi connectivity index (χ4v) is 5.01. The van der Waals surface area contributed by atoms with Gasteiger partial charge in [-0.3, -0.25) is 4.98 Å². The van der Waals surface area contributed by atoms with Crippen LogP contribution in [0.2, 0.25) is 0 Å². The molecule has 29 heavy (non-hydrogen) atoms. The molecular weight excluding hydrogens is 378 g/mol. The highest BCUT2D eigenvalue weighted by molar-refractivity contribution is 6.22. The molecule has 2 aliphatic rings. The van der Waals surface area contributed by atoms with Crippen molar-refractivity contribution in [3.05, 3.63) is 53.4 Å². The van der Waals surface area contributed by atoms with Gasteiger partial charge in [0.1, 0.15) is 0 Å². The lowest BCUT2D eigenvalue weighted by Crippen LogP contribution is -2.51. The van der Waals surface area contributed by atoms with E-state index >= 15 is 0 Å². The number of rotatable bonds is 7. The molecule has 1 aromatic rings. The Hall–Kier alpha value is -1.16. The SMILES string of the molecule is Cc1ncccc1CN[C@@H](CN1CC[C@H](C2=CCC(Cl)C=C2)C(C)(C)C1)C(C)C. The van der Waals surface area contributed by atoms with Crippen LogP contribution in [0.3, 0.4) is 0 Å². The molecule has 1 fully saturated rings. The van der Waals surface area contributed by atoms with Crippen molar-refractivity contribution in [1.29, 1.82) is 0 Å². The smallest absolute Gasteiger partial charge is 0.0553 e. The minimum Gasteiger partial charge on any atom is -0.308 e. The lowest BCUT2D eigenvalue weighted by atomic mass is 9.69. The molecule has 0 aromatic carbocycles. The number of pyridine rings is 1. The highest BCUT2D eigenvalue weighted by Crippen LogP contribution is 2.41. The first-order valence-electron chi connectivity index (χ1n) is 11.1. The van der Waals surface area contributed by atoms with Gasteiger partial charge in [-0.15, -0.1) is 11.6 Å². The molecule has 0 radical (unpaired) electrons.